The van der Waals surface area contributed by atoms with Crippen LogP contribution in [0, 0.1) is 0 Å². The van der Waals surface area contributed by atoms with Crippen molar-refractivity contribution in [2.45, 2.75) is 6.42 Å². The largest absolute Gasteiger partial charge is 0.412 e. The second-order valence-electron chi connectivity index (χ2n) is 5.85. The number of carbonyl (C=O) groups is 4. The molecule has 29 heavy (non-hydrogen) atoms. The molecule has 1 aliphatic rings. The van der Waals surface area contributed by atoms with Crippen molar-refractivity contribution in [2.24, 2.45) is 0 Å². The lowest BCUT2D eigenvalue weighted by molar-refractivity contribution is 0.0944. The van der Waals surface area contributed by atoms with Crippen LogP contribution >= 0.6 is 11.8 Å². The SMILES string of the molecule is CNC(=O)c1noc2c1C(=O)C(SCCCNC(=O)Oc1ccccc1)=CC2=O. The van der Waals surface area contributed by atoms with E-state index in [0.29, 0.717) is 24.5 Å². The minimum atomic E-state index is -0.608. The number of ether oxygens (including phenoxy) is 1. The van der Waals surface area contributed by atoms with E-state index >= 15 is 0 Å². The van der Waals surface area contributed by atoms with E-state index in [4.69, 9.17) is 9.26 Å². The van der Waals surface area contributed by atoms with Gasteiger partial charge in [-0.2, -0.15) is 0 Å². The molecule has 0 spiro atoms. The van der Waals surface area contributed by atoms with Crippen LogP contribution in [-0.4, -0.2) is 48.1 Å². The molecule has 1 aromatic heterocycles. The average Bonchev–Trinajstić information content (AvgIpc) is 3.17. The lowest BCUT2D eigenvalue weighted by Gasteiger charge is -2.11. The van der Waals surface area contributed by atoms with Crippen LogP contribution in [0.4, 0.5) is 4.79 Å². The van der Waals surface area contributed by atoms with E-state index in [2.05, 4.69) is 15.8 Å². The third-order valence-electron chi connectivity index (χ3n) is 3.87. The number of aromatic nitrogens is 1. The number of thioether (sulfide) groups is 1. The van der Waals surface area contributed by atoms with E-state index < -0.39 is 23.6 Å². The zero-order valence-electron chi connectivity index (χ0n) is 15.4. The molecule has 0 aliphatic heterocycles. The number of amides is 2. The molecule has 150 valence electrons. The Bertz CT molecular complexity index is 983. The summed E-state index contributed by atoms with van der Waals surface area (Å²) in [6.07, 6.45) is 1.13. The van der Waals surface area contributed by atoms with Crippen LogP contribution in [0.2, 0.25) is 0 Å². The third kappa shape index (κ3) is 4.72. The molecule has 1 aromatic carbocycles. The molecule has 0 fully saturated rings. The minimum Gasteiger partial charge on any atom is -0.410 e. The van der Waals surface area contributed by atoms with Crippen molar-refractivity contribution in [2.75, 3.05) is 19.3 Å². The molecule has 0 bridgehead atoms. The highest BCUT2D eigenvalue weighted by Gasteiger charge is 2.35. The van der Waals surface area contributed by atoms with Crippen molar-refractivity contribution in [3.8, 4) is 5.75 Å². The lowest BCUT2D eigenvalue weighted by Crippen LogP contribution is -2.28. The maximum absolute atomic E-state index is 12.6. The number of nitrogens with one attached hydrogen (secondary N) is 2. The molecule has 0 unspecified atom stereocenters. The molecule has 10 heteroatoms. The Labute approximate surface area is 169 Å². The molecule has 2 aromatic rings. The number of Topliss-reactive ketones (excluding diaryl/α,β-unsaturated/α-hetero) is 1. The zero-order valence-corrected chi connectivity index (χ0v) is 16.2. The summed E-state index contributed by atoms with van der Waals surface area (Å²) in [6.45, 7) is 0.329. The number of ketones is 2. The summed E-state index contributed by atoms with van der Waals surface area (Å²) in [6, 6.07) is 8.66. The Balaban J connectivity index is 1.49. The zero-order chi connectivity index (χ0) is 20.8. The molecule has 9 nitrogen and oxygen atoms in total. The summed E-state index contributed by atoms with van der Waals surface area (Å²) in [5.74, 6) is -0.943. The number of benzene rings is 1. The number of para-hydroxylation sites is 1. The van der Waals surface area contributed by atoms with Gasteiger partial charge in [0.15, 0.2) is 5.69 Å². The molecule has 1 aliphatic carbocycles. The number of fused-ring (bicyclic) bond motifs is 1. The van der Waals surface area contributed by atoms with Crippen LogP contribution in [0.5, 0.6) is 5.75 Å². The van der Waals surface area contributed by atoms with Gasteiger partial charge in [-0.25, -0.2) is 4.79 Å². The number of allylic oxidation sites excluding steroid dienone is 2. The van der Waals surface area contributed by atoms with Crippen LogP contribution < -0.4 is 15.4 Å². The monoisotopic (exact) mass is 415 g/mol. The van der Waals surface area contributed by atoms with Crippen LogP contribution in [0.25, 0.3) is 0 Å². The number of rotatable bonds is 7. The summed E-state index contributed by atoms with van der Waals surface area (Å²) in [7, 11) is 1.39. The normalized spacial score (nSPS) is 12.8. The topological polar surface area (TPSA) is 128 Å². The van der Waals surface area contributed by atoms with E-state index in [1.54, 1.807) is 24.3 Å². The fourth-order valence-electron chi connectivity index (χ4n) is 2.50. The summed E-state index contributed by atoms with van der Waals surface area (Å²) in [5.41, 5.74) is -0.332. The number of carbonyl (C=O) groups excluding carboxylic acids is 4. The number of hydrogen-bond donors (Lipinski definition) is 2. The second-order valence-corrected chi connectivity index (χ2v) is 6.98. The van der Waals surface area contributed by atoms with Crippen molar-refractivity contribution >= 4 is 35.3 Å². The molecule has 0 saturated carbocycles. The quantitative estimate of drug-likeness (QED) is 0.659. The molecular weight excluding hydrogens is 398 g/mol. The van der Waals surface area contributed by atoms with Gasteiger partial charge >= 0.3 is 6.09 Å². The Morgan fingerprint density at radius 1 is 1.21 bits per heavy atom. The van der Waals surface area contributed by atoms with E-state index in [0.717, 1.165) is 11.8 Å². The van der Waals surface area contributed by atoms with Gasteiger partial charge < -0.3 is 19.9 Å². The van der Waals surface area contributed by atoms with Gasteiger partial charge in [-0.1, -0.05) is 23.4 Å². The van der Waals surface area contributed by atoms with Crippen LogP contribution in [0.15, 0.2) is 45.8 Å². The molecule has 3 rings (SSSR count). The highest BCUT2D eigenvalue weighted by molar-refractivity contribution is 8.04. The highest BCUT2D eigenvalue weighted by Crippen LogP contribution is 2.30. The van der Waals surface area contributed by atoms with Crippen LogP contribution in [0.1, 0.15) is 37.8 Å². The fourth-order valence-corrected chi connectivity index (χ4v) is 3.43. The standard InChI is InChI=1S/C19H17N3O6S/c1-20-18(25)15-14-16(24)13(10-12(23)17(14)28-22-15)29-9-5-8-21-19(26)27-11-6-3-2-4-7-11/h2-4,6-7,10H,5,8-9H2,1H3,(H,20,25)(H,21,26). The predicted molar refractivity (Wildman–Crippen MR) is 104 cm³/mol. The van der Waals surface area contributed by atoms with Gasteiger partial charge in [-0.3, -0.25) is 14.4 Å². The van der Waals surface area contributed by atoms with Crippen molar-refractivity contribution in [3.63, 3.8) is 0 Å². The summed E-state index contributed by atoms with van der Waals surface area (Å²) < 4.78 is 9.96. The van der Waals surface area contributed by atoms with Gasteiger partial charge in [0.05, 0.1) is 4.91 Å². The van der Waals surface area contributed by atoms with Crippen molar-refractivity contribution in [3.05, 3.63) is 58.3 Å². The predicted octanol–water partition coefficient (Wildman–Crippen LogP) is 2.21. The first-order valence-electron chi connectivity index (χ1n) is 8.67. The van der Waals surface area contributed by atoms with Gasteiger partial charge in [0.1, 0.15) is 11.3 Å². The van der Waals surface area contributed by atoms with Crippen molar-refractivity contribution < 1.29 is 28.4 Å². The van der Waals surface area contributed by atoms with Gasteiger partial charge in [0.25, 0.3) is 5.91 Å². The Hall–Kier alpha value is -3.40. The fraction of sp³-hybridized carbons (Fsp3) is 0.211. The van der Waals surface area contributed by atoms with Crippen molar-refractivity contribution in [1.82, 2.24) is 15.8 Å². The Kier molecular flexibility index (Phi) is 6.45. The van der Waals surface area contributed by atoms with E-state index in [-0.39, 0.29) is 21.9 Å². The van der Waals surface area contributed by atoms with E-state index in [1.807, 2.05) is 6.07 Å². The third-order valence-corrected chi connectivity index (χ3v) is 4.98. The molecule has 0 saturated heterocycles. The molecule has 1 heterocycles. The minimum absolute atomic E-state index is 0.121. The first-order valence-corrected chi connectivity index (χ1v) is 9.66. The summed E-state index contributed by atoms with van der Waals surface area (Å²) in [4.78, 5) is 48.5. The van der Waals surface area contributed by atoms with Crippen LogP contribution in [-0.2, 0) is 0 Å². The van der Waals surface area contributed by atoms with Gasteiger partial charge in [0.2, 0.25) is 17.3 Å². The summed E-state index contributed by atoms with van der Waals surface area (Å²) >= 11 is 1.16. The van der Waals surface area contributed by atoms with E-state index in [9.17, 15) is 19.2 Å². The molecule has 2 amide bonds. The Morgan fingerprint density at radius 2 is 1.97 bits per heavy atom. The lowest BCUT2D eigenvalue weighted by atomic mass is 10.00. The van der Waals surface area contributed by atoms with Crippen molar-refractivity contribution in [1.29, 1.82) is 0 Å². The van der Waals surface area contributed by atoms with Gasteiger partial charge in [0, 0.05) is 19.7 Å². The number of hydrogen-bond acceptors (Lipinski definition) is 8. The smallest absolute Gasteiger partial charge is 0.410 e. The van der Waals surface area contributed by atoms with E-state index in [1.165, 1.54) is 13.1 Å². The molecule has 2 N–H and O–H groups in total. The highest BCUT2D eigenvalue weighted by atomic mass is 32.2. The van der Waals surface area contributed by atoms with Gasteiger partial charge in [-0.15, -0.1) is 11.8 Å². The average molecular weight is 415 g/mol. The van der Waals surface area contributed by atoms with Crippen LogP contribution in [0.3, 0.4) is 0 Å². The number of nitrogens with zero attached hydrogens (tertiary/aromatic N) is 1. The molecular formula is C19H17N3O6S. The second kappa shape index (κ2) is 9.20. The molecule has 0 atom stereocenters. The Morgan fingerprint density at radius 3 is 2.69 bits per heavy atom. The maximum Gasteiger partial charge on any atom is 0.412 e. The first-order chi connectivity index (χ1) is 14.0. The first kappa shape index (κ1) is 20.3. The maximum atomic E-state index is 12.6. The molecule has 0 radical (unpaired) electrons. The van der Waals surface area contributed by atoms with Gasteiger partial charge in [-0.05, 0) is 24.3 Å². The summed E-state index contributed by atoms with van der Waals surface area (Å²) in [5, 5.41) is 8.50.